The third-order valence-corrected chi connectivity index (χ3v) is 0.756. The molecule has 0 aliphatic carbocycles. The van der Waals surface area contributed by atoms with Crippen LogP contribution < -0.4 is 0 Å². The molecule has 4 heteroatoms. The lowest BCUT2D eigenvalue weighted by atomic mass is 10.9. The van der Waals surface area contributed by atoms with Crippen molar-refractivity contribution in [3.8, 4) is 0 Å². The van der Waals surface area contributed by atoms with E-state index in [1.165, 1.54) is 6.92 Å². The lowest BCUT2D eigenvalue weighted by Gasteiger charge is -2.03. The van der Waals surface area contributed by atoms with Crippen molar-refractivity contribution in [1.82, 2.24) is 0 Å². The molecule has 0 aromatic heterocycles. The molecule has 0 aliphatic heterocycles. The van der Waals surface area contributed by atoms with Gasteiger partial charge in [-0.2, -0.15) is 0 Å². The summed E-state index contributed by atoms with van der Waals surface area (Å²) in [5, 5.41) is 0. The summed E-state index contributed by atoms with van der Waals surface area (Å²) >= 11 is 15.0. The Balaban J connectivity index is 3.17. The van der Waals surface area contributed by atoms with Crippen molar-refractivity contribution in [2.75, 3.05) is 0 Å². The molecule has 0 fully saturated rings. The van der Waals surface area contributed by atoms with Crippen molar-refractivity contribution in [2.24, 2.45) is 0 Å². The summed E-state index contributed by atoms with van der Waals surface area (Å²) in [7, 11) is 0. The fourth-order valence-electron chi connectivity index (χ4n) is 0. The van der Waals surface area contributed by atoms with Gasteiger partial charge >= 0.3 is 0 Å². The molecule has 6 heavy (non-hydrogen) atoms. The number of hydrogen-bond acceptors (Lipinski definition) is 1. The highest BCUT2D eigenvalue weighted by Gasteiger charge is 2.14. The summed E-state index contributed by atoms with van der Waals surface area (Å²) < 4.78 is 2.69. The van der Waals surface area contributed by atoms with Gasteiger partial charge in [-0.1, -0.05) is 23.2 Å². The molecule has 38 valence electrons. The molecule has 0 atom stereocenters. The van der Waals surface area contributed by atoms with Crippen LogP contribution in [0.4, 0.5) is 0 Å². The first-order valence-corrected chi connectivity index (χ1v) is 2.30. The van der Waals surface area contributed by atoms with Gasteiger partial charge in [0.15, 0.2) is 0 Å². The molecule has 0 saturated heterocycles. The Labute approximate surface area is 51.3 Å². The van der Waals surface area contributed by atoms with Crippen LogP contribution in [0.25, 0.3) is 0 Å². The average molecular weight is 149 g/mol. The Morgan fingerprint density at radius 2 is 1.67 bits per heavy atom. The van der Waals surface area contributed by atoms with Crippen LogP contribution in [0.5, 0.6) is 0 Å². The fraction of sp³-hybridized carbons (Fsp3) is 1.00. The van der Waals surface area contributed by atoms with Crippen LogP contribution in [-0.2, 0) is 4.29 Å². The monoisotopic (exact) mass is 148 g/mol. The normalized spacial score (nSPS) is 12.0. The molecule has 0 bridgehead atoms. The van der Waals surface area contributed by atoms with E-state index in [1.807, 2.05) is 0 Å². The van der Waals surface area contributed by atoms with E-state index in [-0.39, 0.29) is 0 Å². The lowest BCUT2D eigenvalue weighted by Crippen LogP contribution is -2.03. The van der Waals surface area contributed by atoms with Crippen LogP contribution >= 0.6 is 35.1 Å². The molecule has 0 spiro atoms. The van der Waals surface area contributed by atoms with Crippen molar-refractivity contribution in [1.29, 1.82) is 0 Å². The number of halogens is 3. The minimum Gasteiger partial charge on any atom is -0.240 e. The molecular weight excluding hydrogens is 146 g/mol. The van der Waals surface area contributed by atoms with E-state index in [2.05, 4.69) is 4.29 Å². The van der Waals surface area contributed by atoms with Crippen LogP contribution in [0.3, 0.4) is 0 Å². The second-order valence-corrected chi connectivity index (χ2v) is 2.68. The molecule has 0 radical (unpaired) electrons. The van der Waals surface area contributed by atoms with Gasteiger partial charge in [0.25, 0.3) is 0 Å². The first-order valence-electron chi connectivity index (χ1n) is 1.24. The van der Waals surface area contributed by atoms with Crippen LogP contribution in [0.2, 0.25) is 0 Å². The Bertz CT molecular complexity index is 38.5. The van der Waals surface area contributed by atoms with Gasteiger partial charge in [-0.05, 0) is 6.92 Å². The third-order valence-electron chi connectivity index (χ3n) is 0.135. The van der Waals surface area contributed by atoms with Crippen molar-refractivity contribution in [3.05, 3.63) is 0 Å². The highest BCUT2D eigenvalue weighted by atomic mass is 35.5. The first kappa shape index (κ1) is 6.83. The minimum absolute atomic E-state index is 1.25. The summed E-state index contributed by atoms with van der Waals surface area (Å²) in [6.45, 7) is 1.42. The molecule has 0 aromatic carbocycles. The van der Waals surface area contributed by atoms with Gasteiger partial charge in [0.2, 0.25) is 4.52 Å². The quantitative estimate of drug-likeness (QED) is 0.520. The Morgan fingerprint density at radius 1 is 1.50 bits per heavy atom. The fourth-order valence-corrected chi connectivity index (χ4v) is 0. The second-order valence-electron chi connectivity index (χ2n) is 0.885. The predicted molar refractivity (Wildman–Crippen MR) is 27.0 cm³/mol. The van der Waals surface area contributed by atoms with E-state index < -0.39 is 4.52 Å². The van der Waals surface area contributed by atoms with Gasteiger partial charge in [0.1, 0.15) is 0 Å². The van der Waals surface area contributed by atoms with Crippen LogP contribution in [0.15, 0.2) is 0 Å². The lowest BCUT2D eigenvalue weighted by molar-refractivity contribution is 0.292. The summed E-state index contributed by atoms with van der Waals surface area (Å²) in [5.41, 5.74) is 0. The zero-order valence-electron chi connectivity index (χ0n) is 3.04. The average Bonchev–Trinajstić information content (AvgIpc) is 1.35. The molecule has 0 amide bonds. The molecule has 0 unspecified atom stereocenters. The molecule has 0 N–H and O–H groups in total. The van der Waals surface area contributed by atoms with E-state index in [9.17, 15) is 0 Å². The maximum atomic E-state index is 5.13. The van der Waals surface area contributed by atoms with Crippen molar-refractivity contribution >= 4 is 35.1 Å². The summed E-state index contributed by atoms with van der Waals surface area (Å²) in [4.78, 5) is 0. The number of alkyl halides is 2. The van der Waals surface area contributed by atoms with Gasteiger partial charge in [-0.15, -0.1) is 0 Å². The smallest absolute Gasteiger partial charge is 0.233 e. The van der Waals surface area contributed by atoms with E-state index in [0.717, 1.165) is 0 Å². The van der Waals surface area contributed by atoms with Crippen molar-refractivity contribution in [3.63, 3.8) is 0 Å². The molecule has 0 rings (SSSR count). The standard InChI is InChI=1S/C2H3Cl3O/c1-2(3,4)6-5/h1H3. The van der Waals surface area contributed by atoms with Gasteiger partial charge < -0.3 is 0 Å². The Kier molecular flexibility index (Phi) is 2.53. The molecule has 1 nitrogen and oxygen atoms in total. The Morgan fingerprint density at radius 3 is 1.67 bits per heavy atom. The van der Waals surface area contributed by atoms with Gasteiger partial charge in [0, 0.05) is 0 Å². The predicted octanol–water partition coefficient (Wildman–Crippen LogP) is 2.31. The molecule has 0 aromatic rings. The van der Waals surface area contributed by atoms with E-state index in [0.29, 0.717) is 0 Å². The largest absolute Gasteiger partial charge is 0.240 e. The van der Waals surface area contributed by atoms with Crippen LogP contribution in [0.1, 0.15) is 6.92 Å². The van der Waals surface area contributed by atoms with E-state index in [4.69, 9.17) is 35.1 Å². The summed E-state index contributed by atoms with van der Waals surface area (Å²) in [5.74, 6) is 0. The van der Waals surface area contributed by atoms with E-state index >= 15 is 0 Å². The Hall–Kier alpha value is 0.830. The SMILES string of the molecule is CC(Cl)(Cl)OCl. The molecular formula is C2H3Cl3O. The molecule has 0 aliphatic rings. The van der Waals surface area contributed by atoms with E-state index in [1.54, 1.807) is 0 Å². The molecule has 0 heterocycles. The minimum atomic E-state index is -1.25. The van der Waals surface area contributed by atoms with Crippen molar-refractivity contribution in [2.45, 2.75) is 11.4 Å². The number of hydrogen-bond donors (Lipinski definition) is 0. The first-order chi connectivity index (χ1) is 2.56. The third kappa shape index (κ3) is 4.83. The highest BCUT2D eigenvalue weighted by molar-refractivity contribution is 6.48. The van der Waals surface area contributed by atoms with Gasteiger partial charge in [0.05, 0.1) is 11.9 Å². The zero-order chi connectivity index (χ0) is 5.21. The topological polar surface area (TPSA) is 9.23 Å². The van der Waals surface area contributed by atoms with Gasteiger partial charge in [-0.25, -0.2) is 4.29 Å². The van der Waals surface area contributed by atoms with Crippen LogP contribution in [-0.4, -0.2) is 4.52 Å². The zero-order valence-corrected chi connectivity index (χ0v) is 5.31. The number of rotatable bonds is 1. The second kappa shape index (κ2) is 2.22. The summed E-state index contributed by atoms with van der Waals surface area (Å²) in [6, 6.07) is 0. The van der Waals surface area contributed by atoms with Crippen LogP contribution in [0, 0.1) is 0 Å². The maximum absolute atomic E-state index is 5.13. The van der Waals surface area contributed by atoms with Crippen molar-refractivity contribution < 1.29 is 4.29 Å². The van der Waals surface area contributed by atoms with Gasteiger partial charge in [-0.3, -0.25) is 0 Å². The molecule has 0 saturated carbocycles. The maximum Gasteiger partial charge on any atom is 0.233 e. The summed E-state index contributed by atoms with van der Waals surface area (Å²) in [6.07, 6.45) is 0. The highest BCUT2D eigenvalue weighted by Crippen LogP contribution is 2.21.